The number of hydrogen-bond acceptors (Lipinski definition) is 3. The van der Waals surface area contributed by atoms with Crippen molar-refractivity contribution in [3.05, 3.63) is 52.9 Å². The minimum atomic E-state index is -0.646. The number of nitrogens with zero attached hydrogens (tertiary/aromatic N) is 2. The minimum absolute atomic E-state index is 0.153. The highest BCUT2D eigenvalue weighted by Gasteiger charge is 2.20. The highest BCUT2D eigenvalue weighted by molar-refractivity contribution is 5.30. The molecule has 2 aromatic rings. The molecule has 0 amide bonds. The zero-order valence-electron chi connectivity index (χ0n) is 10.1. The molecular weight excluding hydrogens is 238 g/mol. The van der Waals surface area contributed by atoms with Gasteiger partial charge in [0.05, 0.1) is 17.4 Å². The number of nitrogens with two attached hydrogens (primary N) is 1. The van der Waals surface area contributed by atoms with Crippen LogP contribution < -0.4 is 11.3 Å². The number of hydrogen-bond donors (Lipinski definition) is 2. The Morgan fingerprint density at radius 3 is 2.61 bits per heavy atom. The van der Waals surface area contributed by atoms with Crippen LogP contribution in [0.5, 0.6) is 0 Å². The maximum Gasteiger partial charge on any atom is 0.128 e. The van der Waals surface area contributed by atoms with Gasteiger partial charge in [0.25, 0.3) is 0 Å². The van der Waals surface area contributed by atoms with Crippen LogP contribution in [-0.4, -0.2) is 9.78 Å². The number of nitrogens with one attached hydrogen (secondary N) is 1. The van der Waals surface area contributed by atoms with Gasteiger partial charge in [-0.2, -0.15) is 5.10 Å². The average Bonchev–Trinajstić information content (AvgIpc) is 2.64. The van der Waals surface area contributed by atoms with Crippen LogP contribution in [0.1, 0.15) is 23.0 Å². The molecule has 3 N–H and O–H groups in total. The molecule has 18 heavy (non-hydrogen) atoms. The van der Waals surface area contributed by atoms with Gasteiger partial charge in [-0.15, -0.1) is 0 Å². The summed E-state index contributed by atoms with van der Waals surface area (Å²) in [6.45, 7) is 1.82. The van der Waals surface area contributed by atoms with E-state index in [4.69, 9.17) is 5.84 Å². The van der Waals surface area contributed by atoms with Crippen LogP contribution in [0.3, 0.4) is 0 Å². The van der Waals surface area contributed by atoms with Crippen molar-refractivity contribution in [1.82, 2.24) is 15.2 Å². The lowest BCUT2D eigenvalue weighted by atomic mass is 10.0. The van der Waals surface area contributed by atoms with E-state index in [0.29, 0.717) is 5.69 Å². The topological polar surface area (TPSA) is 55.9 Å². The van der Waals surface area contributed by atoms with Crippen LogP contribution in [0, 0.1) is 18.6 Å². The first kappa shape index (κ1) is 12.7. The Labute approximate surface area is 103 Å². The maximum atomic E-state index is 13.7. The predicted molar refractivity (Wildman–Crippen MR) is 63.5 cm³/mol. The Kier molecular flexibility index (Phi) is 3.40. The Morgan fingerprint density at radius 1 is 1.33 bits per heavy atom. The molecule has 0 aliphatic carbocycles. The molecule has 0 fully saturated rings. The Morgan fingerprint density at radius 2 is 2.06 bits per heavy atom. The lowest BCUT2D eigenvalue weighted by molar-refractivity contribution is 0.523. The fraction of sp³-hybridized carbons (Fsp3) is 0.250. The summed E-state index contributed by atoms with van der Waals surface area (Å²) < 4.78 is 28.5. The van der Waals surface area contributed by atoms with E-state index < -0.39 is 17.7 Å². The van der Waals surface area contributed by atoms with Crippen molar-refractivity contribution >= 4 is 0 Å². The van der Waals surface area contributed by atoms with Gasteiger partial charge >= 0.3 is 0 Å². The second kappa shape index (κ2) is 4.83. The molecule has 0 bridgehead atoms. The molecule has 0 spiro atoms. The molecule has 1 atom stereocenters. The van der Waals surface area contributed by atoms with Crippen molar-refractivity contribution in [3.8, 4) is 0 Å². The molecule has 96 valence electrons. The molecule has 4 nitrogen and oxygen atoms in total. The van der Waals surface area contributed by atoms with Gasteiger partial charge < -0.3 is 0 Å². The largest absolute Gasteiger partial charge is 0.271 e. The fourth-order valence-corrected chi connectivity index (χ4v) is 1.97. The number of aromatic nitrogens is 2. The molecule has 1 heterocycles. The van der Waals surface area contributed by atoms with E-state index in [1.165, 1.54) is 0 Å². The number of aryl methyl sites for hydroxylation is 2. The molecule has 6 heteroatoms. The molecule has 0 aliphatic heterocycles. The van der Waals surface area contributed by atoms with Crippen molar-refractivity contribution in [1.29, 1.82) is 0 Å². The Bertz CT molecular complexity index is 565. The van der Waals surface area contributed by atoms with Crippen LogP contribution in [0.2, 0.25) is 0 Å². The normalized spacial score (nSPS) is 12.7. The van der Waals surface area contributed by atoms with Gasteiger partial charge in [-0.05, 0) is 31.2 Å². The van der Waals surface area contributed by atoms with E-state index in [0.717, 1.165) is 23.9 Å². The standard InChI is InChI=1S/C12H14F2N4/c1-7-5-11(18(2)17-7)12(16-15)9-6-8(13)3-4-10(9)14/h3-6,12,16H,15H2,1-2H3. The van der Waals surface area contributed by atoms with Crippen LogP contribution in [-0.2, 0) is 7.05 Å². The van der Waals surface area contributed by atoms with Crippen molar-refractivity contribution in [2.75, 3.05) is 0 Å². The summed E-state index contributed by atoms with van der Waals surface area (Å²) in [4.78, 5) is 0. The first-order chi connectivity index (χ1) is 8.52. The smallest absolute Gasteiger partial charge is 0.128 e. The van der Waals surface area contributed by atoms with Crippen LogP contribution in [0.4, 0.5) is 8.78 Å². The molecular formula is C12H14F2N4. The molecule has 2 rings (SSSR count). The Hall–Kier alpha value is -1.79. The second-order valence-electron chi connectivity index (χ2n) is 4.10. The van der Waals surface area contributed by atoms with Gasteiger partial charge in [-0.3, -0.25) is 10.5 Å². The average molecular weight is 252 g/mol. The lowest BCUT2D eigenvalue weighted by Gasteiger charge is -2.17. The van der Waals surface area contributed by atoms with Gasteiger partial charge in [-0.1, -0.05) is 0 Å². The highest BCUT2D eigenvalue weighted by atomic mass is 19.1. The number of halogens is 2. The van der Waals surface area contributed by atoms with Crippen molar-refractivity contribution < 1.29 is 8.78 Å². The zero-order valence-corrected chi connectivity index (χ0v) is 10.1. The van der Waals surface area contributed by atoms with Crippen molar-refractivity contribution in [2.24, 2.45) is 12.9 Å². The fourth-order valence-electron chi connectivity index (χ4n) is 1.97. The summed E-state index contributed by atoms with van der Waals surface area (Å²) in [5.41, 5.74) is 4.09. The number of hydrazine groups is 1. The second-order valence-corrected chi connectivity index (χ2v) is 4.10. The first-order valence-electron chi connectivity index (χ1n) is 5.44. The first-order valence-corrected chi connectivity index (χ1v) is 5.44. The highest BCUT2D eigenvalue weighted by Crippen LogP contribution is 2.24. The molecule has 1 aromatic carbocycles. The van der Waals surface area contributed by atoms with Gasteiger partial charge in [0, 0.05) is 12.6 Å². The van der Waals surface area contributed by atoms with Crippen molar-refractivity contribution in [2.45, 2.75) is 13.0 Å². The monoisotopic (exact) mass is 252 g/mol. The van der Waals surface area contributed by atoms with Crippen LogP contribution in [0.25, 0.3) is 0 Å². The van der Waals surface area contributed by atoms with Gasteiger partial charge in [0.1, 0.15) is 11.6 Å². The van der Waals surface area contributed by atoms with Gasteiger partial charge in [0.15, 0.2) is 0 Å². The van der Waals surface area contributed by atoms with Crippen LogP contribution in [0.15, 0.2) is 24.3 Å². The van der Waals surface area contributed by atoms with Gasteiger partial charge in [0.2, 0.25) is 0 Å². The molecule has 0 saturated heterocycles. The summed E-state index contributed by atoms with van der Waals surface area (Å²) in [5, 5.41) is 4.16. The zero-order chi connectivity index (χ0) is 13.3. The van der Waals surface area contributed by atoms with E-state index in [-0.39, 0.29) is 5.56 Å². The SMILES string of the molecule is Cc1cc(C(NN)c2cc(F)ccc2F)n(C)n1. The quantitative estimate of drug-likeness (QED) is 0.644. The summed E-state index contributed by atoms with van der Waals surface area (Å²) in [7, 11) is 1.73. The van der Waals surface area contributed by atoms with E-state index in [1.807, 2.05) is 6.92 Å². The van der Waals surface area contributed by atoms with E-state index >= 15 is 0 Å². The number of rotatable bonds is 3. The number of benzene rings is 1. The molecule has 0 saturated carbocycles. The summed E-state index contributed by atoms with van der Waals surface area (Å²) in [6.07, 6.45) is 0. The molecule has 0 radical (unpaired) electrons. The maximum absolute atomic E-state index is 13.7. The summed E-state index contributed by atoms with van der Waals surface area (Å²) in [6, 6.07) is 4.41. The van der Waals surface area contributed by atoms with Crippen molar-refractivity contribution in [3.63, 3.8) is 0 Å². The van der Waals surface area contributed by atoms with Crippen LogP contribution >= 0.6 is 0 Å². The molecule has 1 unspecified atom stereocenters. The van der Waals surface area contributed by atoms with E-state index in [9.17, 15) is 8.78 Å². The van der Waals surface area contributed by atoms with Gasteiger partial charge in [-0.25, -0.2) is 14.2 Å². The summed E-state index contributed by atoms with van der Waals surface area (Å²) in [5.74, 6) is 4.43. The lowest BCUT2D eigenvalue weighted by Crippen LogP contribution is -2.31. The molecule has 0 aliphatic rings. The summed E-state index contributed by atoms with van der Waals surface area (Å²) >= 11 is 0. The third-order valence-corrected chi connectivity index (χ3v) is 2.77. The minimum Gasteiger partial charge on any atom is -0.271 e. The Balaban J connectivity index is 2.51. The van der Waals surface area contributed by atoms with E-state index in [2.05, 4.69) is 10.5 Å². The third-order valence-electron chi connectivity index (χ3n) is 2.77. The third kappa shape index (κ3) is 2.25. The van der Waals surface area contributed by atoms with E-state index in [1.54, 1.807) is 17.8 Å². The molecule has 1 aromatic heterocycles. The predicted octanol–water partition coefficient (Wildman–Crippen LogP) is 1.56.